The number of rotatable bonds is 10. The number of carbonyl (C=O) groups is 1. The number of aryl methyl sites for hydroxylation is 1. The molecule has 0 radical (unpaired) electrons. The van der Waals surface area contributed by atoms with E-state index in [2.05, 4.69) is 50.1 Å². The van der Waals surface area contributed by atoms with Crippen LogP contribution >= 0.6 is 0 Å². The van der Waals surface area contributed by atoms with Gasteiger partial charge in [-0.25, -0.2) is 0 Å². The highest BCUT2D eigenvalue weighted by Gasteiger charge is 2.37. The molecular formula is C18H33N3O2. The Labute approximate surface area is 140 Å². The average molecular weight is 323 g/mol. The molecule has 0 aliphatic heterocycles. The minimum atomic E-state index is -0.156. The van der Waals surface area contributed by atoms with Crippen LogP contribution in [-0.4, -0.2) is 41.1 Å². The Bertz CT molecular complexity index is 480. The fourth-order valence-electron chi connectivity index (χ4n) is 3.34. The number of aromatic nitrogens is 1. The smallest absolute Gasteiger partial charge is 0.273 e. The fourth-order valence-corrected chi connectivity index (χ4v) is 3.34. The van der Waals surface area contributed by atoms with Gasteiger partial charge in [-0.15, -0.1) is 0 Å². The number of nitrogens with zero attached hydrogens (tertiary/aromatic N) is 2. The lowest BCUT2D eigenvalue weighted by molar-refractivity contribution is 0.0604. The number of unbranched alkanes of at least 4 members (excludes halogenated alkanes) is 1. The molecule has 0 aliphatic rings. The number of hydrogen-bond acceptors (Lipinski definition) is 4. The second kappa shape index (κ2) is 9.06. The lowest BCUT2D eigenvalue weighted by Crippen LogP contribution is -2.59. The predicted octanol–water partition coefficient (Wildman–Crippen LogP) is 3.65. The summed E-state index contributed by atoms with van der Waals surface area (Å²) in [5, 5.41) is 7.00. The summed E-state index contributed by atoms with van der Waals surface area (Å²) in [7, 11) is 2.16. The maximum atomic E-state index is 12.4. The van der Waals surface area contributed by atoms with E-state index in [1.54, 1.807) is 6.07 Å². The minimum Gasteiger partial charge on any atom is -0.361 e. The standard InChI is InChI=1S/C18H33N3O2/c1-7-11-12-21(6)18(9-3,10-4)14(5)19-17(22)16-13-15(8-2)23-20-16/h13-14H,7-12H2,1-6H3,(H,19,22). The molecule has 1 aromatic rings. The number of hydrogen-bond donors (Lipinski definition) is 1. The second-order valence-electron chi connectivity index (χ2n) is 6.31. The van der Waals surface area contributed by atoms with Gasteiger partial charge in [0.2, 0.25) is 0 Å². The van der Waals surface area contributed by atoms with E-state index in [1.165, 1.54) is 12.8 Å². The van der Waals surface area contributed by atoms with Gasteiger partial charge < -0.3 is 9.84 Å². The summed E-state index contributed by atoms with van der Waals surface area (Å²) < 4.78 is 5.13. The van der Waals surface area contributed by atoms with Crippen LogP contribution in [0.5, 0.6) is 0 Å². The Morgan fingerprint density at radius 1 is 1.35 bits per heavy atom. The molecule has 1 amide bonds. The topological polar surface area (TPSA) is 58.4 Å². The van der Waals surface area contributed by atoms with Crippen LogP contribution in [0.15, 0.2) is 10.6 Å². The molecule has 1 unspecified atom stereocenters. The third kappa shape index (κ3) is 4.56. The van der Waals surface area contributed by atoms with Gasteiger partial charge in [-0.3, -0.25) is 9.69 Å². The molecule has 1 heterocycles. The molecule has 0 fully saturated rings. The van der Waals surface area contributed by atoms with Crippen LogP contribution in [0.2, 0.25) is 0 Å². The molecule has 0 saturated carbocycles. The first-order valence-corrected chi connectivity index (χ1v) is 8.92. The van der Waals surface area contributed by atoms with Crippen LogP contribution < -0.4 is 5.32 Å². The molecule has 0 aliphatic carbocycles. The highest BCUT2D eigenvalue weighted by molar-refractivity contribution is 5.92. The van der Waals surface area contributed by atoms with Gasteiger partial charge in [-0.1, -0.05) is 39.3 Å². The Hall–Kier alpha value is -1.36. The molecule has 1 aromatic heterocycles. The Morgan fingerprint density at radius 3 is 2.48 bits per heavy atom. The summed E-state index contributed by atoms with van der Waals surface area (Å²) in [4.78, 5) is 14.9. The van der Waals surface area contributed by atoms with Gasteiger partial charge in [0.25, 0.3) is 5.91 Å². The zero-order chi connectivity index (χ0) is 17.5. The molecular weight excluding hydrogens is 290 g/mol. The van der Waals surface area contributed by atoms with E-state index in [0.29, 0.717) is 5.69 Å². The number of amides is 1. The molecule has 0 bridgehead atoms. The van der Waals surface area contributed by atoms with Gasteiger partial charge in [0, 0.05) is 24.1 Å². The van der Waals surface area contributed by atoms with Crippen LogP contribution in [0.25, 0.3) is 0 Å². The monoisotopic (exact) mass is 323 g/mol. The Balaban J connectivity index is 2.84. The van der Waals surface area contributed by atoms with Crippen molar-refractivity contribution < 1.29 is 9.32 Å². The third-order valence-corrected chi connectivity index (χ3v) is 5.13. The van der Waals surface area contributed by atoms with Gasteiger partial charge in [-0.05, 0) is 39.8 Å². The zero-order valence-electron chi connectivity index (χ0n) is 15.6. The van der Waals surface area contributed by atoms with Crippen molar-refractivity contribution in [3.05, 3.63) is 17.5 Å². The summed E-state index contributed by atoms with van der Waals surface area (Å²) in [5.41, 5.74) is 0.327. The van der Waals surface area contributed by atoms with E-state index in [-0.39, 0.29) is 17.5 Å². The molecule has 0 saturated heterocycles. The van der Waals surface area contributed by atoms with Crippen molar-refractivity contribution in [1.29, 1.82) is 0 Å². The van der Waals surface area contributed by atoms with Crippen molar-refractivity contribution in [1.82, 2.24) is 15.4 Å². The van der Waals surface area contributed by atoms with E-state index in [1.807, 2.05) is 6.92 Å². The van der Waals surface area contributed by atoms with Crippen molar-refractivity contribution in [3.8, 4) is 0 Å². The average Bonchev–Trinajstić information content (AvgIpc) is 3.03. The van der Waals surface area contributed by atoms with Crippen molar-refractivity contribution in [3.63, 3.8) is 0 Å². The van der Waals surface area contributed by atoms with E-state index in [0.717, 1.165) is 31.6 Å². The zero-order valence-corrected chi connectivity index (χ0v) is 15.6. The van der Waals surface area contributed by atoms with Crippen LogP contribution in [-0.2, 0) is 6.42 Å². The van der Waals surface area contributed by atoms with Gasteiger partial charge in [-0.2, -0.15) is 0 Å². The van der Waals surface area contributed by atoms with Crippen molar-refractivity contribution in [2.45, 2.75) is 78.3 Å². The quantitative estimate of drug-likeness (QED) is 0.714. The molecule has 5 heteroatoms. The molecule has 1 N–H and O–H groups in total. The summed E-state index contributed by atoms with van der Waals surface area (Å²) in [6, 6.07) is 1.76. The van der Waals surface area contributed by atoms with Gasteiger partial charge in [0.1, 0.15) is 5.76 Å². The SMILES string of the molecule is CCCCN(C)C(CC)(CC)C(C)NC(=O)c1cc(CC)on1. The van der Waals surface area contributed by atoms with Gasteiger partial charge in [0.05, 0.1) is 0 Å². The summed E-state index contributed by atoms with van der Waals surface area (Å²) in [6.45, 7) is 11.7. The molecule has 132 valence electrons. The first-order valence-electron chi connectivity index (χ1n) is 8.92. The van der Waals surface area contributed by atoms with Crippen LogP contribution in [0, 0.1) is 0 Å². The maximum Gasteiger partial charge on any atom is 0.273 e. The Kier molecular flexibility index (Phi) is 7.76. The van der Waals surface area contributed by atoms with E-state index in [9.17, 15) is 4.79 Å². The van der Waals surface area contributed by atoms with Crippen LogP contribution in [0.3, 0.4) is 0 Å². The largest absolute Gasteiger partial charge is 0.361 e. The van der Waals surface area contributed by atoms with Gasteiger partial charge in [0.15, 0.2) is 5.69 Å². The second-order valence-corrected chi connectivity index (χ2v) is 6.31. The number of carbonyl (C=O) groups excluding carboxylic acids is 1. The van der Waals surface area contributed by atoms with E-state index >= 15 is 0 Å². The van der Waals surface area contributed by atoms with Crippen molar-refractivity contribution >= 4 is 5.91 Å². The summed E-state index contributed by atoms with van der Waals surface area (Å²) in [6.07, 6.45) is 5.06. The number of nitrogens with one attached hydrogen (secondary N) is 1. The van der Waals surface area contributed by atoms with Crippen molar-refractivity contribution in [2.24, 2.45) is 0 Å². The fraction of sp³-hybridized carbons (Fsp3) is 0.778. The maximum absolute atomic E-state index is 12.4. The first kappa shape index (κ1) is 19.7. The molecule has 1 rings (SSSR count). The molecule has 1 atom stereocenters. The first-order chi connectivity index (χ1) is 10.9. The third-order valence-electron chi connectivity index (χ3n) is 5.13. The summed E-state index contributed by atoms with van der Waals surface area (Å²) in [5.74, 6) is 0.580. The predicted molar refractivity (Wildman–Crippen MR) is 93.7 cm³/mol. The lowest BCUT2D eigenvalue weighted by atomic mass is 9.83. The number of likely N-dealkylation sites (N-methyl/N-ethyl adjacent to an activating group) is 1. The lowest BCUT2D eigenvalue weighted by Gasteiger charge is -2.45. The molecule has 0 spiro atoms. The normalized spacial score (nSPS) is 13.3. The van der Waals surface area contributed by atoms with Crippen LogP contribution in [0.4, 0.5) is 0 Å². The minimum absolute atomic E-state index is 0.0358. The molecule has 0 aromatic carbocycles. The summed E-state index contributed by atoms with van der Waals surface area (Å²) >= 11 is 0. The Morgan fingerprint density at radius 2 is 2.00 bits per heavy atom. The molecule has 5 nitrogen and oxygen atoms in total. The van der Waals surface area contributed by atoms with Crippen molar-refractivity contribution in [2.75, 3.05) is 13.6 Å². The molecule has 23 heavy (non-hydrogen) atoms. The van der Waals surface area contributed by atoms with Crippen LogP contribution in [0.1, 0.15) is 76.6 Å². The van der Waals surface area contributed by atoms with E-state index in [4.69, 9.17) is 4.52 Å². The van der Waals surface area contributed by atoms with Gasteiger partial charge >= 0.3 is 0 Å². The highest BCUT2D eigenvalue weighted by Crippen LogP contribution is 2.27. The highest BCUT2D eigenvalue weighted by atomic mass is 16.5. The van der Waals surface area contributed by atoms with E-state index < -0.39 is 0 Å².